The van der Waals surface area contributed by atoms with Crippen molar-refractivity contribution in [2.75, 3.05) is 0 Å². The molecule has 1 heterocycles. The summed E-state index contributed by atoms with van der Waals surface area (Å²) in [6.07, 6.45) is 3.83. The van der Waals surface area contributed by atoms with Gasteiger partial charge in [0.15, 0.2) is 0 Å². The minimum atomic E-state index is 1.24. The van der Waals surface area contributed by atoms with E-state index in [9.17, 15) is 0 Å². The first-order valence-corrected chi connectivity index (χ1v) is 6.11. The summed E-state index contributed by atoms with van der Waals surface area (Å²) in [5.41, 5.74) is 1.58. The first-order chi connectivity index (χ1) is 6.83. The van der Waals surface area contributed by atoms with Crippen LogP contribution >= 0.6 is 11.3 Å². The summed E-state index contributed by atoms with van der Waals surface area (Å²) in [5.74, 6) is 0. The summed E-state index contributed by atoms with van der Waals surface area (Å²) >= 11 is 1.93. The molecule has 1 aromatic heterocycles. The molecular weight excluding hydrogens is 188 g/mol. The Labute approximate surface area is 89.6 Å². The predicted octanol–water partition coefficient (Wildman–Crippen LogP) is 4.55. The smallest absolute Gasteiger partial charge is 0.0348 e. The van der Waals surface area contributed by atoms with E-state index < -0.39 is 0 Å². The molecule has 0 fully saturated rings. The van der Waals surface area contributed by atoms with Crippen molar-refractivity contribution in [3.63, 3.8) is 0 Å². The van der Waals surface area contributed by atoms with Gasteiger partial charge in [-0.2, -0.15) is 0 Å². The van der Waals surface area contributed by atoms with Crippen molar-refractivity contribution in [1.29, 1.82) is 0 Å². The topological polar surface area (TPSA) is 0 Å². The lowest BCUT2D eigenvalue weighted by atomic mass is 10.1. The molecule has 0 saturated heterocycles. The van der Waals surface area contributed by atoms with Crippen molar-refractivity contribution >= 4 is 21.4 Å². The van der Waals surface area contributed by atoms with E-state index in [1.54, 1.807) is 5.56 Å². The molecule has 0 atom stereocenters. The van der Waals surface area contributed by atoms with Crippen LogP contribution in [0.15, 0.2) is 24.3 Å². The third-order valence-electron chi connectivity index (χ3n) is 2.68. The molecule has 0 aliphatic carbocycles. The standard InChI is InChI=1S/C13H16S/c1-3-4-7-11-10(2)14-13-9-6-5-8-12(11)13/h5-6,8-9H,3-4,7H2,1-2H3. The van der Waals surface area contributed by atoms with Crippen LogP contribution in [0.5, 0.6) is 0 Å². The lowest BCUT2D eigenvalue weighted by molar-refractivity contribution is 0.798. The van der Waals surface area contributed by atoms with Crippen molar-refractivity contribution in [1.82, 2.24) is 0 Å². The van der Waals surface area contributed by atoms with E-state index in [0.29, 0.717) is 0 Å². The van der Waals surface area contributed by atoms with Gasteiger partial charge in [0.25, 0.3) is 0 Å². The lowest BCUT2D eigenvalue weighted by Crippen LogP contribution is -1.84. The summed E-state index contributed by atoms with van der Waals surface area (Å²) in [4.78, 5) is 1.50. The second-order valence-electron chi connectivity index (χ2n) is 3.74. The van der Waals surface area contributed by atoms with Crippen LogP contribution in [0.2, 0.25) is 0 Å². The van der Waals surface area contributed by atoms with Gasteiger partial charge < -0.3 is 0 Å². The molecule has 2 rings (SSSR count). The van der Waals surface area contributed by atoms with Crippen LogP contribution in [0.25, 0.3) is 10.1 Å². The monoisotopic (exact) mass is 204 g/mol. The molecule has 0 bridgehead atoms. The average Bonchev–Trinajstić information content (AvgIpc) is 2.51. The summed E-state index contributed by atoms with van der Waals surface area (Å²) in [5, 5.41) is 1.48. The zero-order chi connectivity index (χ0) is 9.97. The molecule has 14 heavy (non-hydrogen) atoms. The Morgan fingerprint density at radius 3 is 2.79 bits per heavy atom. The summed E-state index contributed by atoms with van der Waals surface area (Å²) in [7, 11) is 0. The zero-order valence-corrected chi connectivity index (χ0v) is 9.66. The third-order valence-corrected chi connectivity index (χ3v) is 3.81. The van der Waals surface area contributed by atoms with Gasteiger partial charge in [0.1, 0.15) is 0 Å². The molecular formula is C13H16S. The summed E-state index contributed by atoms with van der Waals surface area (Å²) in [6, 6.07) is 8.75. The molecule has 0 N–H and O–H groups in total. The largest absolute Gasteiger partial charge is 0.140 e. The molecule has 0 unspecified atom stereocenters. The molecule has 0 amide bonds. The second kappa shape index (κ2) is 4.14. The third kappa shape index (κ3) is 1.69. The zero-order valence-electron chi connectivity index (χ0n) is 8.84. The molecule has 2 aromatic rings. The first kappa shape index (κ1) is 9.72. The Hall–Kier alpha value is -0.820. The molecule has 0 aliphatic heterocycles. The number of fused-ring (bicyclic) bond motifs is 1. The van der Waals surface area contributed by atoms with E-state index in [2.05, 4.69) is 38.1 Å². The van der Waals surface area contributed by atoms with Crippen molar-refractivity contribution in [2.45, 2.75) is 33.1 Å². The fraction of sp³-hybridized carbons (Fsp3) is 0.385. The maximum atomic E-state index is 2.25. The van der Waals surface area contributed by atoms with Gasteiger partial charge in [0, 0.05) is 9.58 Å². The summed E-state index contributed by atoms with van der Waals surface area (Å²) in [6.45, 7) is 4.50. The Balaban J connectivity index is 2.45. The molecule has 0 nitrogen and oxygen atoms in total. The number of unbranched alkanes of at least 4 members (excludes halogenated alkanes) is 1. The van der Waals surface area contributed by atoms with Gasteiger partial charge in [-0.05, 0) is 36.8 Å². The number of hydrogen-bond acceptors (Lipinski definition) is 1. The number of thiophene rings is 1. The first-order valence-electron chi connectivity index (χ1n) is 5.30. The predicted molar refractivity (Wildman–Crippen MR) is 65.2 cm³/mol. The van der Waals surface area contributed by atoms with Crippen LogP contribution in [-0.2, 0) is 6.42 Å². The maximum Gasteiger partial charge on any atom is 0.0348 e. The number of rotatable bonds is 3. The van der Waals surface area contributed by atoms with E-state index in [0.717, 1.165) is 0 Å². The average molecular weight is 204 g/mol. The van der Waals surface area contributed by atoms with Crippen molar-refractivity contribution in [3.05, 3.63) is 34.7 Å². The maximum absolute atomic E-state index is 2.25. The Kier molecular flexibility index (Phi) is 2.87. The van der Waals surface area contributed by atoms with E-state index in [-0.39, 0.29) is 0 Å². The Morgan fingerprint density at radius 2 is 2.00 bits per heavy atom. The molecule has 1 aromatic carbocycles. The minimum absolute atomic E-state index is 1.24. The number of benzene rings is 1. The van der Waals surface area contributed by atoms with Crippen LogP contribution in [0.4, 0.5) is 0 Å². The summed E-state index contributed by atoms with van der Waals surface area (Å²) < 4.78 is 1.44. The van der Waals surface area contributed by atoms with Crippen LogP contribution in [0.3, 0.4) is 0 Å². The highest BCUT2D eigenvalue weighted by Crippen LogP contribution is 2.31. The fourth-order valence-corrected chi connectivity index (χ4v) is 3.00. The van der Waals surface area contributed by atoms with E-state index in [1.165, 1.54) is 34.2 Å². The Morgan fingerprint density at radius 1 is 1.21 bits per heavy atom. The van der Waals surface area contributed by atoms with Gasteiger partial charge in [-0.3, -0.25) is 0 Å². The number of hydrogen-bond donors (Lipinski definition) is 0. The van der Waals surface area contributed by atoms with Gasteiger partial charge in [0.2, 0.25) is 0 Å². The quantitative estimate of drug-likeness (QED) is 0.688. The van der Waals surface area contributed by atoms with Crippen LogP contribution < -0.4 is 0 Å². The van der Waals surface area contributed by atoms with Crippen molar-refractivity contribution in [2.24, 2.45) is 0 Å². The van der Waals surface area contributed by atoms with Crippen LogP contribution in [0, 0.1) is 6.92 Å². The normalized spacial score (nSPS) is 11.0. The highest BCUT2D eigenvalue weighted by atomic mass is 32.1. The van der Waals surface area contributed by atoms with Crippen molar-refractivity contribution < 1.29 is 0 Å². The minimum Gasteiger partial charge on any atom is -0.140 e. The molecule has 1 heteroatoms. The second-order valence-corrected chi connectivity index (χ2v) is 4.99. The lowest BCUT2D eigenvalue weighted by Gasteiger charge is -1.99. The SMILES string of the molecule is CCCCc1c(C)sc2ccccc12. The van der Waals surface area contributed by atoms with Gasteiger partial charge in [-0.1, -0.05) is 31.5 Å². The van der Waals surface area contributed by atoms with E-state index in [4.69, 9.17) is 0 Å². The van der Waals surface area contributed by atoms with Gasteiger partial charge in [0.05, 0.1) is 0 Å². The molecule has 0 radical (unpaired) electrons. The van der Waals surface area contributed by atoms with Gasteiger partial charge in [-0.25, -0.2) is 0 Å². The van der Waals surface area contributed by atoms with Crippen LogP contribution in [-0.4, -0.2) is 0 Å². The number of aryl methyl sites for hydroxylation is 2. The van der Waals surface area contributed by atoms with E-state index in [1.807, 2.05) is 11.3 Å². The molecule has 0 aliphatic rings. The van der Waals surface area contributed by atoms with Gasteiger partial charge in [-0.15, -0.1) is 11.3 Å². The van der Waals surface area contributed by atoms with E-state index >= 15 is 0 Å². The van der Waals surface area contributed by atoms with Gasteiger partial charge >= 0.3 is 0 Å². The van der Waals surface area contributed by atoms with Crippen LogP contribution in [0.1, 0.15) is 30.2 Å². The molecule has 74 valence electrons. The molecule has 0 saturated carbocycles. The van der Waals surface area contributed by atoms with Crippen molar-refractivity contribution in [3.8, 4) is 0 Å². The molecule has 0 spiro atoms. The fourth-order valence-electron chi connectivity index (χ4n) is 1.89. The highest BCUT2D eigenvalue weighted by molar-refractivity contribution is 7.19. The highest BCUT2D eigenvalue weighted by Gasteiger charge is 2.06. The Bertz CT molecular complexity index is 426.